The lowest BCUT2D eigenvalue weighted by Gasteiger charge is -2.14. The molecule has 0 radical (unpaired) electrons. The first-order chi connectivity index (χ1) is 7.17. The van der Waals surface area contributed by atoms with Gasteiger partial charge in [-0.15, -0.1) is 0 Å². The molecule has 0 spiro atoms. The summed E-state index contributed by atoms with van der Waals surface area (Å²) < 4.78 is 0. The molecule has 1 N–H and O–H groups in total. The summed E-state index contributed by atoms with van der Waals surface area (Å²) in [5.74, 6) is 0. The van der Waals surface area contributed by atoms with Crippen molar-refractivity contribution in [3.63, 3.8) is 0 Å². The molecule has 0 amide bonds. The van der Waals surface area contributed by atoms with Gasteiger partial charge in [-0.05, 0) is 37.8 Å². The van der Waals surface area contributed by atoms with E-state index in [0.717, 1.165) is 19.4 Å². The third-order valence-corrected chi connectivity index (χ3v) is 3.18. The third kappa shape index (κ3) is 1.97. The van der Waals surface area contributed by atoms with Crippen molar-refractivity contribution < 1.29 is 0 Å². The van der Waals surface area contributed by atoms with Gasteiger partial charge in [-0.1, -0.05) is 18.2 Å². The van der Waals surface area contributed by atoms with Crippen LogP contribution in [0.3, 0.4) is 0 Å². The van der Waals surface area contributed by atoms with Crippen molar-refractivity contribution >= 4 is 5.69 Å². The maximum Gasteiger partial charge on any atom is 0.0747 e. The molecule has 0 atom stereocenters. The average Bonchev–Trinajstić information content (AvgIpc) is 2.98. The highest BCUT2D eigenvalue weighted by atomic mass is 14.9. The lowest BCUT2D eigenvalue weighted by Crippen LogP contribution is -2.14. The van der Waals surface area contributed by atoms with E-state index in [1.807, 2.05) is 0 Å². The van der Waals surface area contributed by atoms with E-state index in [2.05, 4.69) is 43.4 Å². The molecule has 0 aromatic heterocycles. The monoisotopic (exact) mass is 200 g/mol. The molecule has 1 fully saturated rings. The Morgan fingerprint density at radius 1 is 1.33 bits per heavy atom. The maximum absolute atomic E-state index is 8.98. The number of nitrogens with zero attached hydrogens (tertiary/aromatic N) is 1. The maximum atomic E-state index is 8.98. The fourth-order valence-corrected chi connectivity index (χ4v) is 1.83. The topological polar surface area (TPSA) is 35.8 Å². The van der Waals surface area contributed by atoms with Crippen LogP contribution in [0, 0.1) is 30.6 Å². The van der Waals surface area contributed by atoms with Crippen molar-refractivity contribution in [2.75, 3.05) is 11.9 Å². The van der Waals surface area contributed by atoms with Crippen LogP contribution in [-0.4, -0.2) is 6.54 Å². The molecule has 1 aliphatic rings. The van der Waals surface area contributed by atoms with Gasteiger partial charge in [0.2, 0.25) is 0 Å². The van der Waals surface area contributed by atoms with Crippen LogP contribution >= 0.6 is 0 Å². The van der Waals surface area contributed by atoms with Gasteiger partial charge in [-0.3, -0.25) is 0 Å². The van der Waals surface area contributed by atoms with Crippen LogP contribution in [0.4, 0.5) is 5.69 Å². The van der Waals surface area contributed by atoms with E-state index in [1.54, 1.807) is 0 Å². The molecular weight excluding hydrogens is 184 g/mol. The molecule has 2 nitrogen and oxygen atoms in total. The van der Waals surface area contributed by atoms with Crippen LogP contribution in [0.5, 0.6) is 0 Å². The first-order valence-electron chi connectivity index (χ1n) is 5.38. The van der Waals surface area contributed by atoms with Crippen LogP contribution in [0.15, 0.2) is 18.2 Å². The Labute approximate surface area is 90.9 Å². The predicted octanol–water partition coefficient (Wildman–Crippen LogP) is 3.02. The van der Waals surface area contributed by atoms with Crippen molar-refractivity contribution in [2.45, 2.75) is 26.7 Å². The number of anilines is 1. The second kappa shape index (κ2) is 3.58. The number of benzene rings is 1. The van der Waals surface area contributed by atoms with E-state index < -0.39 is 0 Å². The molecule has 1 aromatic rings. The minimum atomic E-state index is -0.0747. The fourth-order valence-electron chi connectivity index (χ4n) is 1.83. The molecule has 78 valence electrons. The average molecular weight is 200 g/mol. The summed E-state index contributed by atoms with van der Waals surface area (Å²) in [4.78, 5) is 0. The highest BCUT2D eigenvalue weighted by Crippen LogP contribution is 2.44. The highest BCUT2D eigenvalue weighted by molar-refractivity contribution is 5.57. The Hall–Kier alpha value is -1.49. The Balaban J connectivity index is 2.09. The van der Waals surface area contributed by atoms with E-state index in [1.165, 1.54) is 16.8 Å². The van der Waals surface area contributed by atoms with Crippen molar-refractivity contribution in [3.8, 4) is 6.07 Å². The first kappa shape index (κ1) is 10.0. The van der Waals surface area contributed by atoms with E-state index >= 15 is 0 Å². The van der Waals surface area contributed by atoms with Crippen LogP contribution < -0.4 is 5.32 Å². The number of aryl methyl sites for hydroxylation is 2. The van der Waals surface area contributed by atoms with Gasteiger partial charge in [0.25, 0.3) is 0 Å². The minimum Gasteiger partial charge on any atom is -0.383 e. The zero-order valence-corrected chi connectivity index (χ0v) is 9.30. The molecule has 0 aliphatic heterocycles. The van der Waals surface area contributed by atoms with Gasteiger partial charge in [-0.2, -0.15) is 5.26 Å². The fraction of sp³-hybridized carbons (Fsp3) is 0.462. The van der Waals surface area contributed by atoms with E-state index in [9.17, 15) is 0 Å². The predicted molar refractivity (Wildman–Crippen MR) is 61.7 cm³/mol. The van der Waals surface area contributed by atoms with Gasteiger partial charge in [0.1, 0.15) is 0 Å². The van der Waals surface area contributed by atoms with Crippen molar-refractivity contribution in [2.24, 2.45) is 5.41 Å². The van der Waals surface area contributed by atoms with E-state index in [-0.39, 0.29) is 5.41 Å². The molecule has 2 rings (SSSR count). The second-order valence-electron chi connectivity index (χ2n) is 4.51. The number of nitrogens with one attached hydrogen (secondary N) is 1. The quantitative estimate of drug-likeness (QED) is 0.814. The third-order valence-electron chi connectivity index (χ3n) is 3.18. The van der Waals surface area contributed by atoms with Gasteiger partial charge in [-0.25, -0.2) is 0 Å². The number of rotatable bonds is 3. The Morgan fingerprint density at radius 3 is 2.40 bits per heavy atom. The molecule has 2 heteroatoms. The van der Waals surface area contributed by atoms with Crippen molar-refractivity contribution in [1.29, 1.82) is 5.26 Å². The summed E-state index contributed by atoms with van der Waals surface area (Å²) in [6.07, 6.45) is 2.09. The lowest BCUT2D eigenvalue weighted by atomic mass is 10.1. The number of para-hydroxylation sites is 1. The number of hydrogen-bond donors (Lipinski definition) is 1. The van der Waals surface area contributed by atoms with Gasteiger partial charge >= 0.3 is 0 Å². The van der Waals surface area contributed by atoms with Gasteiger partial charge in [0, 0.05) is 12.2 Å². The van der Waals surface area contributed by atoms with Gasteiger partial charge in [0.05, 0.1) is 11.5 Å². The molecule has 1 aliphatic carbocycles. The summed E-state index contributed by atoms with van der Waals surface area (Å²) >= 11 is 0. The zero-order valence-electron chi connectivity index (χ0n) is 9.30. The molecule has 0 unspecified atom stereocenters. The van der Waals surface area contributed by atoms with Crippen LogP contribution in [0.1, 0.15) is 24.0 Å². The Morgan fingerprint density at radius 2 is 1.93 bits per heavy atom. The summed E-state index contributed by atoms with van der Waals surface area (Å²) in [5.41, 5.74) is 3.63. The molecule has 0 bridgehead atoms. The SMILES string of the molecule is Cc1cccc(C)c1NCC1(C#N)CC1. The summed E-state index contributed by atoms with van der Waals surface area (Å²) in [6.45, 7) is 4.98. The largest absolute Gasteiger partial charge is 0.383 e. The Kier molecular flexibility index (Phi) is 2.40. The van der Waals surface area contributed by atoms with Crippen LogP contribution in [-0.2, 0) is 0 Å². The van der Waals surface area contributed by atoms with E-state index in [4.69, 9.17) is 5.26 Å². The van der Waals surface area contributed by atoms with Gasteiger partial charge < -0.3 is 5.32 Å². The minimum absolute atomic E-state index is 0.0747. The molecular formula is C13H16N2. The van der Waals surface area contributed by atoms with E-state index in [0.29, 0.717) is 0 Å². The Bertz CT molecular complexity index is 391. The van der Waals surface area contributed by atoms with Crippen molar-refractivity contribution in [3.05, 3.63) is 29.3 Å². The van der Waals surface area contributed by atoms with Gasteiger partial charge in [0.15, 0.2) is 0 Å². The zero-order chi connectivity index (χ0) is 10.9. The summed E-state index contributed by atoms with van der Waals surface area (Å²) in [6, 6.07) is 8.66. The number of nitriles is 1. The lowest BCUT2D eigenvalue weighted by molar-refractivity contribution is 0.710. The first-order valence-corrected chi connectivity index (χ1v) is 5.38. The van der Waals surface area contributed by atoms with Crippen molar-refractivity contribution in [1.82, 2.24) is 0 Å². The van der Waals surface area contributed by atoms with Crippen LogP contribution in [0.2, 0.25) is 0 Å². The molecule has 0 saturated heterocycles. The van der Waals surface area contributed by atoms with Crippen LogP contribution in [0.25, 0.3) is 0 Å². The molecule has 0 heterocycles. The molecule has 15 heavy (non-hydrogen) atoms. The normalized spacial score (nSPS) is 16.9. The standard InChI is InChI=1S/C13H16N2/c1-10-4-3-5-11(2)12(10)15-9-13(8-14)6-7-13/h3-5,15H,6-7,9H2,1-2H3. The smallest absolute Gasteiger partial charge is 0.0747 e. The second-order valence-corrected chi connectivity index (χ2v) is 4.51. The summed E-state index contributed by atoms with van der Waals surface area (Å²) in [7, 11) is 0. The molecule has 1 saturated carbocycles. The highest BCUT2D eigenvalue weighted by Gasteiger charge is 2.42. The summed E-state index contributed by atoms with van der Waals surface area (Å²) in [5, 5.41) is 12.4. The number of hydrogen-bond acceptors (Lipinski definition) is 2. The molecule has 1 aromatic carbocycles.